The minimum atomic E-state index is -0.104. The lowest BCUT2D eigenvalue weighted by atomic mass is 10.1. The molecule has 0 unspecified atom stereocenters. The Labute approximate surface area is 141 Å². The first-order valence-corrected chi connectivity index (χ1v) is 7.90. The molecular weight excluding hydrogens is 300 g/mol. The van der Waals surface area contributed by atoms with Crippen molar-refractivity contribution >= 4 is 5.91 Å². The second-order valence-electron chi connectivity index (χ2n) is 5.73. The minimum Gasteiger partial charge on any atom is -0.348 e. The van der Waals surface area contributed by atoms with E-state index in [1.165, 1.54) is 0 Å². The van der Waals surface area contributed by atoms with Crippen LogP contribution in [0.4, 0.5) is 0 Å². The van der Waals surface area contributed by atoms with Crippen molar-refractivity contribution in [3.8, 4) is 0 Å². The average molecular weight is 320 g/mol. The monoisotopic (exact) mass is 320 g/mol. The summed E-state index contributed by atoms with van der Waals surface area (Å²) in [6, 6.07) is 13.9. The van der Waals surface area contributed by atoms with Gasteiger partial charge < -0.3 is 5.32 Å². The van der Waals surface area contributed by atoms with E-state index < -0.39 is 0 Å². The predicted molar refractivity (Wildman–Crippen MR) is 92.7 cm³/mol. The van der Waals surface area contributed by atoms with E-state index in [9.17, 15) is 4.79 Å². The molecule has 0 spiro atoms. The zero-order valence-electron chi connectivity index (χ0n) is 13.9. The number of hydrogen-bond donors (Lipinski definition) is 1. The number of nitrogens with one attached hydrogen (secondary N) is 1. The zero-order valence-corrected chi connectivity index (χ0v) is 13.9. The Morgan fingerprint density at radius 1 is 1.08 bits per heavy atom. The highest BCUT2D eigenvalue weighted by Crippen LogP contribution is 2.15. The third-order valence-corrected chi connectivity index (χ3v) is 3.96. The van der Waals surface area contributed by atoms with Crippen LogP contribution in [0.1, 0.15) is 32.9 Å². The average Bonchev–Trinajstić information content (AvgIpc) is 2.88. The maximum absolute atomic E-state index is 12.5. The molecule has 1 amide bonds. The quantitative estimate of drug-likeness (QED) is 0.786. The number of hydrogen-bond acceptors (Lipinski definition) is 3. The highest BCUT2D eigenvalue weighted by atomic mass is 16.1. The number of nitrogens with zero attached hydrogens (tertiary/aromatic N) is 3. The first-order chi connectivity index (χ1) is 11.6. The van der Waals surface area contributed by atoms with Crippen LogP contribution < -0.4 is 5.32 Å². The fourth-order valence-corrected chi connectivity index (χ4v) is 2.71. The SMILES string of the molecule is Cc1nn(Cc2ccccc2)c(C)c1C(=O)NCc1cccnc1. The van der Waals surface area contributed by atoms with Crippen molar-refractivity contribution in [2.75, 3.05) is 0 Å². The summed E-state index contributed by atoms with van der Waals surface area (Å²) in [5.41, 5.74) is 4.39. The van der Waals surface area contributed by atoms with Gasteiger partial charge in [-0.05, 0) is 31.0 Å². The van der Waals surface area contributed by atoms with Crippen LogP contribution in [-0.4, -0.2) is 20.7 Å². The van der Waals surface area contributed by atoms with E-state index in [1.54, 1.807) is 12.4 Å². The summed E-state index contributed by atoms with van der Waals surface area (Å²) in [6.07, 6.45) is 3.46. The standard InChI is InChI=1S/C19H20N4O/c1-14-18(19(24)21-12-17-9-6-10-20-11-17)15(2)23(22-14)13-16-7-4-3-5-8-16/h3-11H,12-13H2,1-2H3,(H,21,24). The number of benzene rings is 1. The van der Waals surface area contributed by atoms with Gasteiger partial charge in [-0.25, -0.2) is 0 Å². The van der Waals surface area contributed by atoms with Gasteiger partial charge in [-0.2, -0.15) is 5.10 Å². The van der Waals surface area contributed by atoms with Crippen molar-refractivity contribution < 1.29 is 4.79 Å². The van der Waals surface area contributed by atoms with E-state index in [-0.39, 0.29) is 5.91 Å². The van der Waals surface area contributed by atoms with Gasteiger partial charge in [0.25, 0.3) is 5.91 Å². The van der Waals surface area contributed by atoms with Crippen molar-refractivity contribution in [3.63, 3.8) is 0 Å². The van der Waals surface area contributed by atoms with E-state index >= 15 is 0 Å². The molecule has 5 nitrogen and oxygen atoms in total. The van der Waals surface area contributed by atoms with Crippen LogP contribution in [0, 0.1) is 13.8 Å². The predicted octanol–water partition coefficient (Wildman–Crippen LogP) is 2.87. The molecule has 3 rings (SSSR count). The summed E-state index contributed by atoms with van der Waals surface area (Å²) >= 11 is 0. The van der Waals surface area contributed by atoms with Crippen LogP contribution in [0.15, 0.2) is 54.9 Å². The summed E-state index contributed by atoms with van der Waals surface area (Å²) < 4.78 is 1.88. The van der Waals surface area contributed by atoms with Gasteiger partial charge in [0, 0.05) is 24.6 Å². The number of aryl methyl sites for hydroxylation is 1. The minimum absolute atomic E-state index is 0.104. The van der Waals surface area contributed by atoms with Gasteiger partial charge in [0.1, 0.15) is 0 Å². The van der Waals surface area contributed by atoms with Gasteiger partial charge in [0.15, 0.2) is 0 Å². The lowest BCUT2D eigenvalue weighted by Gasteiger charge is -2.07. The molecule has 1 N–H and O–H groups in total. The largest absolute Gasteiger partial charge is 0.348 e. The molecule has 0 radical (unpaired) electrons. The Balaban J connectivity index is 1.74. The lowest BCUT2D eigenvalue weighted by molar-refractivity contribution is 0.0949. The molecule has 0 aliphatic carbocycles. The Morgan fingerprint density at radius 2 is 1.83 bits per heavy atom. The Bertz CT molecular complexity index is 825. The molecule has 2 aromatic heterocycles. The smallest absolute Gasteiger partial charge is 0.255 e. The molecule has 0 aliphatic rings. The zero-order chi connectivity index (χ0) is 16.9. The molecule has 0 atom stereocenters. The Hall–Kier alpha value is -2.95. The van der Waals surface area contributed by atoms with E-state index in [0.29, 0.717) is 18.7 Å². The summed E-state index contributed by atoms with van der Waals surface area (Å²) in [7, 11) is 0. The van der Waals surface area contributed by atoms with Crippen LogP contribution in [0.5, 0.6) is 0 Å². The molecule has 24 heavy (non-hydrogen) atoms. The Morgan fingerprint density at radius 3 is 2.54 bits per heavy atom. The summed E-state index contributed by atoms with van der Waals surface area (Å²) in [5.74, 6) is -0.104. The van der Waals surface area contributed by atoms with Crippen molar-refractivity contribution in [1.82, 2.24) is 20.1 Å². The van der Waals surface area contributed by atoms with Crippen molar-refractivity contribution in [1.29, 1.82) is 0 Å². The van der Waals surface area contributed by atoms with Crippen LogP contribution in [0.2, 0.25) is 0 Å². The van der Waals surface area contributed by atoms with E-state index in [2.05, 4.69) is 27.5 Å². The molecule has 0 aliphatic heterocycles. The van der Waals surface area contributed by atoms with Crippen LogP contribution in [0.25, 0.3) is 0 Å². The van der Waals surface area contributed by atoms with Crippen LogP contribution in [-0.2, 0) is 13.1 Å². The number of pyridine rings is 1. The third kappa shape index (κ3) is 3.51. The molecule has 5 heteroatoms. The number of aromatic nitrogens is 3. The van der Waals surface area contributed by atoms with Gasteiger partial charge in [0.05, 0.1) is 17.8 Å². The summed E-state index contributed by atoms with van der Waals surface area (Å²) in [4.78, 5) is 16.6. The summed E-state index contributed by atoms with van der Waals surface area (Å²) in [6.45, 7) is 4.91. The highest BCUT2D eigenvalue weighted by molar-refractivity contribution is 5.96. The normalized spacial score (nSPS) is 10.6. The maximum atomic E-state index is 12.5. The highest BCUT2D eigenvalue weighted by Gasteiger charge is 2.18. The van der Waals surface area contributed by atoms with Crippen molar-refractivity contribution in [3.05, 3.63) is 82.9 Å². The first-order valence-electron chi connectivity index (χ1n) is 7.90. The fraction of sp³-hybridized carbons (Fsp3) is 0.211. The van der Waals surface area contributed by atoms with Gasteiger partial charge in [-0.15, -0.1) is 0 Å². The van der Waals surface area contributed by atoms with Crippen molar-refractivity contribution in [2.45, 2.75) is 26.9 Å². The number of carbonyl (C=O) groups is 1. The second kappa shape index (κ2) is 7.08. The molecule has 3 aromatic rings. The van der Waals surface area contributed by atoms with E-state index in [4.69, 9.17) is 0 Å². The fourth-order valence-electron chi connectivity index (χ4n) is 2.71. The first kappa shape index (κ1) is 15.9. The van der Waals surface area contributed by atoms with Crippen molar-refractivity contribution in [2.24, 2.45) is 0 Å². The second-order valence-corrected chi connectivity index (χ2v) is 5.73. The van der Waals surface area contributed by atoms with Crippen LogP contribution >= 0.6 is 0 Å². The number of rotatable bonds is 5. The topological polar surface area (TPSA) is 59.8 Å². The van der Waals surface area contributed by atoms with Crippen LogP contribution in [0.3, 0.4) is 0 Å². The third-order valence-electron chi connectivity index (χ3n) is 3.96. The molecule has 0 saturated carbocycles. The maximum Gasteiger partial charge on any atom is 0.255 e. The summed E-state index contributed by atoms with van der Waals surface area (Å²) in [5, 5.41) is 7.47. The molecule has 0 fully saturated rings. The molecule has 2 heterocycles. The molecule has 122 valence electrons. The lowest BCUT2D eigenvalue weighted by Crippen LogP contribution is -2.24. The van der Waals surface area contributed by atoms with Gasteiger partial charge in [0.2, 0.25) is 0 Å². The van der Waals surface area contributed by atoms with E-state index in [1.807, 2.05) is 48.9 Å². The molecular formula is C19H20N4O. The number of carbonyl (C=O) groups excluding carboxylic acids is 1. The number of amides is 1. The molecule has 0 saturated heterocycles. The van der Waals surface area contributed by atoms with E-state index in [0.717, 1.165) is 22.5 Å². The van der Waals surface area contributed by atoms with Gasteiger partial charge in [-0.3, -0.25) is 14.5 Å². The van der Waals surface area contributed by atoms with Gasteiger partial charge in [-0.1, -0.05) is 36.4 Å². The molecule has 1 aromatic carbocycles. The Kier molecular flexibility index (Phi) is 4.70. The molecule has 0 bridgehead atoms. The van der Waals surface area contributed by atoms with Gasteiger partial charge >= 0.3 is 0 Å².